The molecule has 1 aromatic rings. The summed E-state index contributed by atoms with van der Waals surface area (Å²) in [6, 6.07) is 0. The van der Waals surface area contributed by atoms with Gasteiger partial charge in [0.1, 0.15) is 5.15 Å². The Morgan fingerprint density at radius 2 is 2.27 bits per heavy atom. The minimum absolute atomic E-state index is 0.287. The SMILES string of the molecule is Cc1nn(C)c(Cl)c1C(N)=O. The van der Waals surface area contributed by atoms with E-state index in [0.29, 0.717) is 11.3 Å². The predicted molar refractivity (Wildman–Crippen MR) is 41.5 cm³/mol. The number of nitrogens with two attached hydrogens (primary N) is 1. The first-order valence-corrected chi connectivity index (χ1v) is 3.40. The van der Waals surface area contributed by atoms with Gasteiger partial charge in [-0.05, 0) is 6.92 Å². The number of halogens is 1. The van der Waals surface area contributed by atoms with Gasteiger partial charge in [0.15, 0.2) is 0 Å². The molecule has 2 N–H and O–H groups in total. The van der Waals surface area contributed by atoms with Crippen LogP contribution in [0.1, 0.15) is 16.1 Å². The Labute approximate surface area is 68.9 Å². The van der Waals surface area contributed by atoms with Crippen LogP contribution in [0, 0.1) is 6.92 Å². The molecule has 1 amide bonds. The van der Waals surface area contributed by atoms with Crippen LogP contribution in [0.25, 0.3) is 0 Å². The van der Waals surface area contributed by atoms with Crippen molar-refractivity contribution in [3.05, 3.63) is 16.4 Å². The second-order valence-electron chi connectivity index (χ2n) is 2.24. The molecule has 0 aliphatic heterocycles. The molecule has 11 heavy (non-hydrogen) atoms. The average Bonchev–Trinajstić information content (AvgIpc) is 2.07. The van der Waals surface area contributed by atoms with Crippen LogP contribution >= 0.6 is 11.6 Å². The van der Waals surface area contributed by atoms with Crippen molar-refractivity contribution in [1.82, 2.24) is 9.78 Å². The number of aryl methyl sites for hydroxylation is 2. The Hall–Kier alpha value is -1.03. The highest BCUT2D eigenvalue weighted by Gasteiger charge is 2.15. The maximum absolute atomic E-state index is 10.7. The number of rotatable bonds is 1. The van der Waals surface area contributed by atoms with E-state index in [1.54, 1.807) is 14.0 Å². The summed E-state index contributed by atoms with van der Waals surface area (Å²) in [6.07, 6.45) is 0. The lowest BCUT2D eigenvalue weighted by Gasteiger charge is -1.91. The molecule has 0 atom stereocenters. The summed E-state index contributed by atoms with van der Waals surface area (Å²) in [7, 11) is 1.65. The first-order valence-electron chi connectivity index (χ1n) is 3.03. The second-order valence-corrected chi connectivity index (χ2v) is 2.60. The van der Waals surface area contributed by atoms with Gasteiger partial charge in [0.2, 0.25) is 0 Å². The van der Waals surface area contributed by atoms with E-state index in [4.69, 9.17) is 17.3 Å². The first kappa shape index (κ1) is 8.07. The molecular formula is C6H8ClN3O. The summed E-state index contributed by atoms with van der Waals surface area (Å²) >= 11 is 5.71. The van der Waals surface area contributed by atoms with Crippen LogP contribution in [0.3, 0.4) is 0 Å². The molecule has 0 fully saturated rings. The maximum atomic E-state index is 10.7. The normalized spacial score (nSPS) is 10.1. The van der Waals surface area contributed by atoms with Crippen molar-refractivity contribution in [3.8, 4) is 0 Å². The van der Waals surface area contributed by atoms with E-state index in [-0.39, 0.29) is 5.15 Å². The molecule has 0 spiro atoms. The molecular weight excluding hydrogens is 166 g/mol. The summed E-state index contributed by atoms with van der Waals surface area (Å²) in [5.74, 6) is -0.541. The fraction of sp³-hybridized carbons (Fsp3) is 0.333. The van der Waals surface area contributed by atoms with Crippen molar-refractivity contribution < 1.29 is 4.79 Å². The van der Waals surface area contributed by atoms with Gasteiger partial charge in [0, 0.05) is 7.05 Å². The van der Waals surface area contributed by atoms with E-state index >= 15 is 0 Å². The highest BCUT2D eigenvalue weighted by Crippen LogP contribution is 2.17. The minimum Gasteiger partial charge on any atom is -0.365 e. The number of primary amides is 1. The number of carbonyl (C=O) groups is 1. The van der Waals surface area contributed by atoms with E-state index in [1.807, 2.05) is 0 Å². The fourth-order valence-corrected chi connectivity index (χ4v) is 1.18. The smallest absolute Gasteiger partial charge is 0.253 e. The largest absolute Gasteiger partial charge is 0.365 e. The Morgan fingerprint density at radius 1 is 1.73 bits per heavy atom. The Morgan fingerprint density at radius 3 is 2.45 bits per heavy atom. The molecule has 0 aliphatic carbocycles. The van der Waals surface area contributed by atoms with Crippen LogP contribution in [0.4, 0.5) is 0 Å². The van der Waals surface area contributed by atoms with Gasteiger partial charge < -0.3 is 5.73 Å². The number of amides is 1. The number of hydrogen-bond acceptors (Lipinski definition) is 2. The zero-order chi connectivity index (χ0) is 8.59. The molecule has 0 unspecified atom stereocenters. The molecule has 0 bridgehead atoms. The number of aromatic nitrogens is 2. The van der Waals surface area contributed by atoms with Crippen LogP contribution in [-0.2, 0) is 7.05 Å². The highest BCUT2D eigenvalue weighted by molar-refractivity contribution is 6.33. The Kier molecular flexibility index (Phi) is 1.87. The molecule has 0 radical (unpaired) electrons. The predicted octanol–water partition coefficient (Wildman–Crippen LogP) is 0.481. The zero-order valence-corrected chi connectivity index (χ0v) is 7.01. The number of hydrogen-bond donors (Lipinski definition) is 1. The standard InChI is InChI=1S/C6H8ClN3O/c1-3-4(6(8)11)5(7)10(2)9-3/h1-2H3,(H2,8,11). The molecule has 4 nitrogen and oxygen atoms in total. The Balaban J connectivity index is 3.34. The van der Waals surface area contributed by atoms with Crippen LogP contribution in [-0.4, -0.2) is 15.7 Å². The monoisotopic (exact) mass is 173 g/mol. The van der Waals surface area contributed by atoms with E-state index in [9.17, 15) is 4.79 Å². The molecule has 0 saturated heterocycles. The summed E-state index contributed by atoms with van der Waals surface area (Å²) in [4.78, 5) is 10.7. The highest BCUT2D eigenvalue weighted by atomic mass is 35.5. The Bertz CT molecular complexity index is 305. The van der Waals surface area contributed by atoms with E-state index in [2.05, 4.69) is 5.10 Å². The van der Waals surface area contributed by atoms with Crippen molar-refractivity contribution in [2.75, 3.05) is 0 Å². The van der Waals surface area contributed by atoms with Gasteiger partial charge in [-0.1, -0.05) is 11.6 Å². The molecule has 60 valence electrons. The molecule has 0 aliphatic rings. The van der Waals surface area contributed by atoms with Crippen LogP contribution in [0.5, 0.6) is 0 Å². The molecule has 5 heteroatoms. The van der Waals surface area contributed by atoms with E-state index in [0.717, 1.165) is 0 Å². The van der Waals surface area contributed by atoms with Gasteiger partial charge in [-0.2, -0.15) is 5.10 Å². The lowest BCUT2D eigenvalue weighted by molar-refractivity contribution is 0.1000. The van der Waals surface area contributed by atoms with Crippen LogP contribution in [0.2, 0.25) is 5.15 Å². The van der Waals surface area contributed by atoms with Gasteiger partial charge in [-0.3, -0.25) is 9.48 Å². The lowest BCUT2D eigenvalue weighted by Crippen LogP contribution is -2.12. The van der Waals surface area contributed by atoms with Crippen LogP contribution in [0.15, 0.2) is 0 Å². The summed E-state index contributed by atoms with van der Waals surface area (Å²) < 4.78 is 1.41. The second kappa shape index (κ2) is 2.54. The van der Waals surface area contributed by atoms with Gasteiger partial charge in [0.25, 0.3) is 5.91 Å². The van der Waals surface area contributed by atoms with Crippen molar-refractivity contribution in [1.29, 1.82) is 0 Å². The third-order valence-corrected chi connectivity index (χ3v) is 1.83. The third kappa shape index (κ3) is 1.21. The third-order valence-electron chi connectivity index (χ3n) is 1.40. The zero-order valence-electron chi connectivity index (χ0n) is 6.26. The minimum atomic E-state index is -0.541. The molecule has 1 aromatic heterocycles. The average molecular weight is 174 g/mol. The summed E-state index contributed by atoms with van der Waals surface area (Å²) in [6.45, 7) is 1.69. The maximum Gasteiger partial charge on any atom is 0.253 e. The lowest BCUT2D eigenvalue weighted by atomic mass is 10.2. The fourth-order valence-electron chi connectivity index (χ4n) is 0.910. The topological polar surface area (TPSA) is 60.9 Å². The van der Waals surface area contributed by atoms with Crippen LogP contribution < -0.4 is 5.73 Å². The van der Waals surface area contributed by atoms with Gasteiger partial charge in [-0.15, -0.1) is 0 Å². The molecule has 1 rings (SSSR count). The molecule has 0 aromatic carbocycles. The van der Waals surface area contributed by atoms with E-state index < -0.39 is 5.91 Å². The van der Waals surface area contributed by atoms with Crippen molar-refractivity contribution >= 4 is 17.5 Å². The summed E-state index contributed by atoms with van der Waals surface area (Å²) in [5.41, 5.74) is 5.91. The van der Waals surface area contributed by atoms with Gasteiger partial charge in [-0.25, -0.2) is 0 Å². The molecule has 1 heterocycles. The van der Waals surface area contributed by atoms with Gasteiger partial charge in [0.05, 0.1) is 11.3 Å². The molecule has 0 saturated carbocycles. The van der Waals surface area contributed by atoms with Crippen molar-refractivity contribution in [2.45, 2.75) is 6.92 Å². The number of nitrogens with zero attached hydrogens (tertiary/aromatic N) is 2. The van der Waals surface area contributed by atoms with Crippen molar-refractivity contribution in [2.24, 2.45) is 12.8 Å². The number of carbonyl (C=O) groups excluding carboxylic acids is 1. The van der Waals surface area contributed by atoms with Crippen molar-refractivity contribution in [3.63, 3.8) is 0 Å². The first-order chi connectivity index (χ1) is 5.04. The van der Waals surface area contributed by atoms with E-state index in [1.165, 1.54) is 4.68 Å². The summed E-state index contributed by atoms with van der Waals surface area (Å²) in [5, 5.41) is 4.20. The van der Waals surface area contributed by atoms with Gasteiger partial charge >= 0.3 is 0 Å². The quantitative estimate of drug-likeness (QED) is 0.672.